The van der Waals surface area contributed by atoms with Crippen molar-refractivity contribution in [2.45, 2.75) is 50.8 Å². The van der Waals surface area contributed by atoms with Crippen LogP contribution in [0.5, 0.6) is 0 Å². The molecule has 0 saturated heterocycles. The molecule has 3 rings (SSSR count). The minimum Gasteiger partial charge on any atom is -0.466 e. The monoisotopic (exact) mass is 508 g/mol. The van der Waals surface area contributed by atoms with E-state index in [1.165, 1.54) is 29.8 Å². The van der Waals surface area contributed by atoms with E-state index in [-0.39, 0.29) is 29.6 Å². The second-order valence-corrected chi connectivity index (χ2v) is 10.4. The van der Waals surface area contributed by atoms with Crippen LogP contribution in [0.25, 0.3) is 0 Å². The summed E-state index contributed by atoms with van der Waals surface area (Å²) in [6.07, 6.45) is 2.30. The second kappa shape index (κ2) is 12.9. The van der Waals surface area contributed by atoms with Gasteiger partial charge in [-0.15, -0.1) is 0 Å². The van der Waals surface area contributed by atoms with Gasteiger partial charge in [0.25, 0.3) is 10.0 Å². The Balaban J connectivity index is 1.38. The van der Waals surface area contributed by atoms with E-state index in [2.05, 4.69) is 10.0 Å². The molecule has 0 aliphatic rings. The molecule has 8 heteroatoms. The van der Waals surface area contributed by atoms with Crippen LogP contribution in [-0.4, -0.2) is 26.9 Å². The molecule has 0 aromatic heterocycles. The van der Waals surface area contributed by atoms with E-state index in [4.69, 9.17) is 4.74 Å². The fourth-order valence-corrected chi connectivity index (χ4v) is 4.80. The molecule has 0 saturated carbocycles. The van der Waals surface area contributed by atoms with Gasteiger partial charge in [-0.1, -0.05) is 36.4 Å². The topological polar surface area (TPSA) is 102 Å². The second-order valence-electron chi connectivity index (χ2n) is 8.72. The standard InChI is InChI=1S/C28H32N2O5S/c1-21-18-22(2)20-25(19-21)30-36(33,34)26-15-13-24(14-16-26)29-27(31)11-6-12-28(32)35-17-7-10-23-8-4-3-5-9-23/h3-5,8-9,13-16,18-20,30H,6-7,10-12,17H2,1-2H3,(H,29,31). The zero-order valence-corrected chi connectivity index (χ0v) is 21.4. The third-order valence-electron chi connectivity index (χ3n) is 5.42. The van der Waals surface area contributed by atoms with Crippen LogP contribution >= 0.6 is 0 Å². The van der Waals surface area contributed by atoms with Gasteiger partial charge in [0.15, 0.2) is 0 Å². The van der Waals surface area contributed by atoms with E-state index in [1.54, 1.807) is 12.1 Å². The predicted molar refractivity (Wildman–Crippen MR) is 141 cm³/mol. The molecular weight excluding hydrogens is 476 g/mol. The lowest BCUT2D eigenvalue weighted by atomic mass is 10.1. The molecule has 0 aliphatic carbocycles. The van der Waals surface area contributed by atoms with Gasteiger partial charge < -0.3 is 10.1 Å². The Hall–Kier alpha value is -3.65. The van der Waals surface area contributed by atoms with Gasteiger partial charge >= 0.3 is 5.97 Å². The molecule has 0 unspecified atom stereocenters. The highest BCUT2D eigenvalue weighted by molar-refractivity contribution is 7.92. The summed E-state index contributed by atoms with van der Waals surface area (Å²) in [6.45, 7) is 4.16. The first-order valence-electron chi connectivity index (χ1n) is 11.9. The van der Waals surface area contributed by atoms with Gasteiger partial charge in [0, 0.05) is 24.2 Å². The van der Waals surface area contributed by atoms with Gasteiger partial charge in [-0.3, -0.25) is 14.3 Å². The summed E-state index contributed by atoms with van der Waals surface area (Å²) in [5.74, 6) is -0.572. The largest absolute Gasteiger partial charge is 0.466 e. The van der Waals surface area contributed by atoms with Gasteiger partial charge in [-0.05, 0) is 86.2 Å². The highest BCUT2D eigenvalue weighted by Gasteiger charge is 2.15. The summed E-state index contributed by atoms with van der Waals surface area (Å²) in [6, 6.07) is 21.4. The highest BCUT2D eigenvalue weighted by atomic mass is 32.2. The zero-order valence-electron chi connectivity index (χ0n) is 20.6. The smallest absolute Gasteiger partial charge is 0.305 e. The van der Waals surface area contributed by atoms with Crippen molar-refractivity contribution in [2.75, 3.05) is 16.6 Å². The van der Waals surface area contributed by atoms with Gasteiger partial charge in [-0.2, -0.15) is 0 Å². The van der Waals surface area contributed by atoms with Crippen LogP contribution in [0.2, 0.25) is 0 Å². The molecule has 0 aliphatic heterocycles. The number of hydrogen-bond donors (Lipinski definition) is 2. The first kappa shape index (κ1) is 26.9. The van der Waals surface area contributed by atoms with E-state index in [9.17, 15) is 18.0 Å². The van der Waals surface area contributed by atoms with Crippen LogP contribution in [0.1, 0.15) is 42.4 Å². The van der Waals surface area contributed by atoms with Gasteiger partial charge in [0.2, 0.25) is 5.91 Å². The number of sulfonamides is 1. The van der Waals surface area contributed by atoms with Gasteiger partial charge in [0.1, 0.15) is 0 Å². The predicted octanol–water partition coefficient (Wildman–Crippen LogP) is 5.39. The molecule has 0 atom stereocenters. The first-order chi connectivity index (χ1) is 17.2. The average Bonchev–Trinajstić information content (AvgIpc) is 2.82. The van der Waals surface area contributed by atoms with E-state index < -0.39 is 10.0 Å². The van der Waals surface area contributed by atoms with Crippen molar-refractivity contribution in [3.8, 4) is 0 Å². The van der Waals surface area contributed by atoms with Crippen LogP contribution in [0.15, 0.2) is 77.7 Å². The first-order valence-corrected chi connectivity index (χ1v) is 13.4. The Morgan fingerprint density at radius 1 is 0.806 bits per heavy atom. The quantitative estimate of drug-likeness (QED) is 0.252. The average molecular weight is 509 g/mol. The molecule has 0 heterocycles. The molecule has 0 fully saturated rings. The number of carbonyl (C=O) groups is 2. The molecule has 3 aromatic rings. The van der Waals surface area contributed by atoms with Crippen LogP contribution in [0.3, 0.4) is 0 Å². The van der Waals surface area contributed by atoms with Crippen molar-refractivity contribution in [3.05, 3.63) is 89.5 Å². The zero-order chi connectivity index (χ0) is 26.0. The molecule has 0 radical (unpaired) electrons. The summed E-state index contributed by atoms with van der Waals surface area (Å²) >= 11 is 0. The van der Waals surface area contributed by atoms with Crippen LogP contribution in [0.4, 0.5) is 11.4 Å². The van der Waals surface area contributed by atoms with Crippen molar-refractivity contribution < 1.29 is 22.7 Å². The molecular formula is C28H32N2O5S. The Kier molecular flexibility index (Phi) is 9.64. The van der Waals surface area contributed by atoms with Crippen molar-refractivity contribution >= 4 is 33.3 Å². The Bertz CT molecular complexity index is 1250. The van der Waals surface area contributed by atoms with E-state index >= 15 is 0 Å². The molecule has 2 N–H and O–H groups in total. The number of hydrogen-bond acceptors (Lipinski definition) is 5. The van der Waals surface area contributed by atoms with Crippen LogP contribution < -0.4 is 10.0 Å². The summed E-state index contributed by atoms with van der Waals surface area (Å²) in [5.41, 5.74) is 4.10. The molecule has 3 aromatic carbocycles. The molecule has 36 heavy (non-hydrogen) atoms. The van der Waals surface area contributed by atoms with E-state index in [1.807, 2.05) is 50.2 Å². The maximum atomic E-state index is 12.7. The third kappa shape index (κ3) is 8.85. The van der Waals surface area contributed by atoms with Crippen molar-refractivity contribution in [1.82, 2.24) is 0 Å². The number of carbonyl (C=O) groups excluding carboxylic acids is 2. The van der Waals surface area contributed by atoms with E-state index in [0.717, 1.165) is 24.0 Å². The minimum absolute atomic E-state index is 0.0923. The summed E-state index contributed by atoms with van der Waals surface area (Å²) < 4.78 is 33.2. The fraction of sp³-hybridized carbons (Fsp3) is 0.286. The lowest BCUT2D eigenvalue weighted by Crippen LogP contribution is -2.14. The molecule has 0 spiro atoms. The number of aryl methyl sites for hydroxylation is 3. The van der Waals surface area contributed by atoms with Crippen LogP contribution in [-0.2, 0) is 30.8 Å². The number of ether oxygens (including phenoxy) is 1. The number of amides is 1. The maximum absolute atomic E-state index is 12.7. The third-order valence-corrected chi connectivity index (χ3v) is 6.82. The van der Waals surface area contributed by atoms with Gasteiger partial charge in [-0.25, -0.2) is 8.42 Å². The Labute approximate surface area is 212 Å². The van der Waals surface area contributed by atoms with Gasteiger partial charge in [0.05, 0.1) is 11.5 Å². The number of rotatable bonds is 12. The number of nitrogens with one attached hydrogen (secondary N) is 2. The summed E-state index contributed by atoms with van der Waals surface area (Å²) in [5, 5.41) is 2.72. The minimum atomic E-state index is -3.76. The number of esters is 1. The summed E-state index contributed by atoms with van der Waals surface area (Å²) in [7, 11) is -3.76. The SMILES string of the molecule is Cc1cc(C)cc(NS(=O)(=O)c2ccc(NC(=O)CCCC(=O)OCCCc3ccccc3)cc2)c1. The fourth-order valence-electron chi connectivity index (χ4n) is 3.76. The summed E-state index contributed by atoms with van der Waals surface area (Å²) in [4.78, 5) is 24.2. The number of anilines is 2. The maximum Gasteiger partial charge on any atom is 0.305 e. The highest BCUT2D eigenvalue weighted by Crippen LogP contribution is 2.20. The lowest BCUT2D eigenvalue weighted by Gasteiger charge is -2.11. The van der Waals surface area contributed by atoms with Crippen molar-refractivity contribution in [2.24, 2.45) is 0 Å². The molecule has 1 amide bonds. The van der Waals surface area contributed by atoms with Crippen molar-refractivity contribution in [3.63, 3.8) is 0 Å². The number of benzene rings is 3. The Morgan fingerprint density at radius 3 is 2.14 bits per heavy atom. The van der Waals surface area contributed by atoms with Crippen molar-refractivity contribution in [1.29, 1.82) is 0 Å². The molecule has 190 valence electrons. The normalized spacial score (nSPS) is 11.1. The molecule has 7 nitrogen and oxygen atoms in total. The Morgan fingerprint density at radius 2 is 1.47 bits per heavy atom. The van der Waals surface area contributed by atoms with E-state index in [0.29, 0.717) is 24.4 Å². The molecule has 0 bridgehead atoms. The lowest BCUT2D eigenvalue weighted by molar-refractivity contribution is -0.143. The van der Waals surface area contributed by atoms with Crippen LogP contribution in [0, 0.1) is 13.8 Å².